The lowest BCUT2D eigenvalue weighted by Gasteiger charge is -2.18. The Hall–Kier alpha value is -3.60. The average molecular weight is 387 g/mol. The van der Waals surface area contributed by atoms with Gasteiger partial charge in [0, 0.05) is 5.56 Å². The number of hydrogen-bond donors (Lipinski definition) is 1. The first-order chi connectivity index (χ1) is 14.1. The number of amides is 1. The molecule has 146 valence electrons. The van der Waals surface area contributed by atoms with Crippen molar-refractivity contribution in [1.82, 2.24) is 5.32 Å². The van der Waals surface area contributed by atoms with Crippen molar-refractivity contribution in [3.63, 3.8) is 0 Å². The molecule has 3 aromatic rings. The molecule has 1 aliphatic heterocycles. The standard InChI is InChI=1S/C24H21NO4/c1-16(20-11-6-9-17-7-2-4-10-21(17)20)25-23(26)15-29-24(27)19-13-18-8-3-5-12-22(18)28-14-19/h2-13,16H,14-15H2,1H3,(H,25,26)/t16-/m1/s1. The van der Waals surface area contributed by atoms with Gasteiger partial charge in [-0.3, -0.25) is 4.79 Å². The maximum absolute atomic E-state index is 12.3. The molecule has 1 N–H and O–H groups in total. The highest BCUT2D eigenvalue weighted by Crippen LogP contribution is 2.26. The molecule has 1 aliphatic rings. The van der Waals surface area contributed by atoms with Gasteiger partial charge in [-0.2, -0.15) is 0 Å². The Morgan fingerprint density at radius 2 is 1.79 bits per heavy atom. The van der Waals surface area contributed by atoms with Crippen molar-refractivity contribution in [2.45, 2.75) is 13.0 Å². The van der Waals surface area contributed by atoms with Crippen molar-refractivity contribution in [2.24, 2.45) is 0 Å². The molecule has 0 bridgehead atoms. The van der Waals surface area contributed by atoms with Gasteiger partial charge in [-0.05, 0) is 35.4 Å². The van der Waals surface area contributed by atoms with Crippen molar-refractivity contribution in [3.8, 4) is 5.75 Å². The first kappa shape index (κ1) is 18.7. The Labute approximate surface area is 168 Å². The summed E-state index contributed by atoms with van der Waals surface area (Å²) in [6, 6.07) is 21.2. The van der Waals surface area contributed by atoms with Gasteiger partial charge in [-0.1, -0.05) is 60.7 Å². The SMILES string of the molecule is C[C@@H](NC(=O)COC(=O)C1=Cc2ccccc2OC1)c1cccc2ccccc12. The molecule has 0 radical (unpaired) electrons. The van der Waals surface area contributed by atoms with Crippen molar-refractivity contribution in [2.75, 3.05) is 13.2 Å². The molecule has 0 aromatic heterocycles. The number of benzene rings is 3. The van der Waals surface area contributed by atoms with Gasteiger partial charge < -0.3 is 14.8 Å². The van der Waals surface area contributed by atoms with Crippen molar-refractivity contribution >= 4 is 28.7 Å². The van der Waals surface area contributed by atoms with Crippen LogP contribution in [-0.4, -0.2) is 25.1 Å². The fourth-order valence-electron chi connectivity index (χ4n) is 3.45. The average Bonchev–Trinajstić information content (AvgIpc) is 2.76. The number of carbonyl (C=O) groups excluding carboxylic acids is 2. The summed E-state index contributed by atoms with van der Waals surface area (Å²) in [5.41, 5.74) is 2.22. The third-order valence-corrected chi connectivity index (χ3v) is 4.90. The number of hydrogen-bond acceptors (Lipinski definition) is 4. The maximum Gasteiger partial charge on any atom is 0.338 e. The predicted octanol–water partition coefficient (Wildman–Crippen LogP) is 4.04. The summed E-state index contributed by atoms with van der Waals surface area (Å²) < 4.78 is 10.7. The number of esters is 1. The molecule has 0 fully saturated rings. The lowest BCUT2D eigenvalue weighted by molar-refractivity contribution is -0.145. The topological polar surface area (TPSA) is 64.6 Å². The van der Waals surface area contributed by atoms with E-state index in [1.54, 1.807) is 6.08 Å². The number of fused-ring (bicyclic) bond motifs is 2. The van der Waals surface area contributed by atoms with Gasteiger partial charge in [0.25, 0.3) is 5.91 Å². The first-order valence-electron chi connectivity index (χ1n) is 9.48. The van der Waals surface area contributed by atoms with Crippen LogP contribution in [0.5, 0.6) is 5.75 Å². The van der Waals surface area contributed by atoms with Gasteiger partial charge in [-0.25, -0.2) is 4.79 Å². The Balaban J connectivity index is 1.36. The molecule has 4 rings (SSSR count). The van der Waals surface area contributed by atoms with E-state index >= 15 is 0 Å². The van der Waals surface area contributed by atoms with Crippen molar-refractivity contribution in [1.29, 1.82) is 0 Å². The minimum Gasteiger partial charge on any atom is -0.488 e. The van der Waals surface area contributed by atoms with Crippen LogP contribution in [0.15, 0.2) is 72.3 Å². The lowest BCUT2D eigenvalue weighted by atomic mass is 10.00. The van der Waals surface area contributed by atoms with E-state index in [1.165, 1.54) is 0 Å². The number of carbonyl (C=O) groups is 2. The maximum atomic E-state index is 12.3. The first-order valence-corrected chi connectivity index (χ1v) is 9.48. The summed E-state index contributed by atoms with van der Waals surface area (Å²) >= 11 is 0. The van der Waals surface area contributed by atoms with Crippen LogP contribution in [0.25, 0.3) is 16.8 Å². The van der Waals surface area contributed by atoms with Crippen LogP contribution in [-0.2, 0) is 14.3 Å². The second-order valence-corrected chi connectivity index (χ2v) is 6.93. The molecule has 5 heteroatoms. The second kappa shape index (κ2) is 8.19. The Kier molecular flexibility index (Phi) is 5.29. The van der Waals surface area contributed by atoms with E-state index in [0.717, 1.165) is 27.6 Å². The third kappa shape index (κ3) is 4.14. The highest BCUT2D eigenvalue weighted by molar-refractivity contribution is 5.96. The zero-order valence-electron chi connectivity index (χ0n) is 16.1. The second-order valence-electron chi connectivity index (χ2n) is 6.93. The summed E-state index contributed by atoms with van der Waals surface area (Å²) in [6.07, 6.45) is 1.73. The van der Waals surface area contributed by atoms with Crippen LogP contribution in [0.1, 0.15) is 24.1 Å². The molecular formula is C24H21NO4. The molecule has 0 unspecified atom stereocenters. The summed E-state index contributed by atoms with van der Waals surface area (Å²) in [6.45, 7) is 1.70. The fraction of sp³-hybridized carbons (Fsp3) is 0.167. The van der Waals surface area contributed by atoms with Crippen molar-refractivity contribution in [3.05, 3.63) is 83.4 Å². The van der Waals surface area contributed by atoms with Crippen LogP contribution in [0, 0.1) is 0 Å². The number of nitrogens with one attached hydrogen (secondary N) is 1. The molecule has 29 heavy (non-hydrogen) atoms. The molecule has 0 saturated heterocycles. The minimum absolute atomic E-state index is 0.129. The van der Waals surface area contributed by atoms with Crippen LogP contribution in [0.4, 0.5) is 0 Å². The molecule has 3 aromatic carbocycles. The third-order valence-electron chi connectivity index (χ3n) is 4.90. The Bertz CT molecular complexity index is 1100. The van der Waals surface area contributed by atoms with Gasteiger partial charge in [0.1, 0.15) is 12.4 Å². The summed E-state index contributed by atoms with van der Waals surface area (Å²) in [5, 5.41) is 5.09. The van der Waals surface area contributed by atoms with Crippen LogP contribution < -0.4 is 10.1 Å². The van der Waals surface area contributed by atoms with Crippen LogP contribution >= 0.6 is 0 Å². The zero-order valence-corrected chi connectivity index (χ0v) is 16.1. The molecular weight excluding hydrogens is 366 g/mol. The van der Waals surface area contributed by atoms with Gasteiger partial charge in [0.05, 0.1) is 11.6 Å². The molecule has 1 amide bonds. The van der Waals surface area contributed by atoms with E-state index in [2.05, 4.69) is 5.32 Å². The van der Waals surface area contributed by atoms with Gasteiger partial charge in [0.2, 0.25) is 0 Å². The molecule has 5 nitrogen and oxygen atoms in total. The lowest BCUT2D eigenvalue weighted by Crippen LogP contribution is -2.31. The van der Waals surface area contributed by atoms with Gasteiger partial charge in [-0.15, -0.1) is 0 Å². The summed E-state index contributed by atoms with van der Waals surface area (Å²) in [7, 11) is 0. The van der Waals surface area contributed by atoms with E-state index < -0.39 is 5.97 Å². The largest absolute Gasteiger partial charge is 0.488 e. The minimum atomic E-state index is -0.549. The Morgan fingerprint density at radius 1 is 1.03 bits per heavy atom. The molecule has 0 aliphatic carbocycles. The molecule has 1 atom stereocenters. The Morgan fingerprint density at radius 3 is 2.69 bits per heavy atom. The van der Waals surface area contributed by atoms with Gasteiger partial charge >= 0.3 is 5.97 Å². The highest BCUT2D eigenvalue weighted by Gasteiger charge is 2.20. The molecule has 0 saturated carbocycles. The van der Waals surface area contributed by atoms with Crippen LogP contribution in [0.2, 0.25) is 0 Å². The molecule has 0 spiro atoms. The van der Waals surface area contributed by atoms with Crippen LogP contribution in [0.3, 0.4) is 0 Å². The van der Waals surface area contributed by atoms with E-state index in [9.17, 15) is 9.59 Å². The monoisotopic (exact) mass is 387 g/mol. The number of rotatable bonds is 5. The van der Waals surface area contributed by atoms with E-state index in [-0.39, 0.29) is 25.2 Å². The zero-order chi connectivity index (χ0) is 20.2. The quantitative estimate of drug-likeness (QED) is 0.671. The van der Waals surface area contributed by atoms with E-state index in [0.29, 0.717) is 5.57 Å². The predicted molar refractivity (Wildman–Crippen MR) is 111 cm³/mol. The molecule has 1 heterocycles. The summed E-state index contributed by atoms with van der Waals surface area (Å²) in [5.74, 6) is -0.172. The smallest absolute Gasteiger partial charge is 0.338 e. The number of para-hydroxylation sites is 1. The van der Waals surface area contributed by atoms with Crippen molar-refractivity contribution < 1.29 is 19.1 Å². The fourth-order valence-corrected chi connectivity index (χ4v) is 3.45. The van der Waals surface area contributed by atoms with E-state index in [1.807, 2.05) is 73.7 Å². The number of ether oxygens (including phenoxy) is 2. The van der Waals surface area contributed by atoms with E-state index in [4.69, 9.17) is 9.47 Å². The highest BCUT2D eigenvalue weighted by atomic mass is 16.5. The van der Waals surface area contributed by atoms with Gasteiger partial charge in [0.15, 0.2) is 6.61 Å². The normalized spacial score (nSPS) is 13.6. The summed E-state index contributed by atoms with van der Waals surface area (Å²) in [4.78, 5) is 24.6.